The Hall–Kier alpha value is -1.11. The molecule has 3 unspecified atom stereocenters. The number of hydrogen-bond donors (Lipinski definition) is 0. The maximum atomic E-state index is 12.7. The van der Waals surface area contributed by atoms with E-state index in [4.69, 9.17) is 23.3 Å². The minimum atomic E-state index is -4.64. The minimum Gasteiger partial charge on any atom is -0.783 e. The predicted octanol–water partition coefficient (Wildman–Crippen LogP) is 12.4. The Bertz CT molecular complexity index is 1120. The molecule has 1 rings (SSSR count). The van der Waals surface area contributed by atoms with Gasteiger partial charge < -0.3 is 29.0 Å². The molecule has 0 aliphatic carbocycles. The number of esters is 2. The molecule has 0 aromatic carbocycles. The Morgan fingerprint density at radius 2 is 1.12 bits per heavy atom. The highest BCUT2D eigenvalue weighted by atomic mass is 31.2. The van der Waals surface area contributed by atoms with Crippen molar-refractivity contribution in [1.82, 2.24) is 5.06 Å². The van der Waals surface area contributed by atoms with Crippen LogP contribution in [0.5, 0.6) is 0 Å². The summed E-state index contributed by atoms with van der Waals surface area (Å²) in [6.07, 6.45) is 29.9. The Morgan fingerprint density at radius 1 is 0.678 bits per heavy atom. The van der Waals surface area contributed by atoms with Crippen LogP contribution in [0.4, 0.5) is 0 Å². The number of carbonyl (C=O) groups excluding carboxylic acids is 2. The van der Waals surface area contributed by atoms with Crippen LogP contribution >= 0.6 is 7.82 Å². The molecule has 1 saturated heterocycles. The summed E-state index contributed by atoms with van der Waals surface area (Å²) in [5.41, 5.74) is -1.08. The van der Waals surface area contributed by atoms with Gasteiger partial charge in [0.2, 0.25) is 0 Å². The second kappa shape index (κ2) is 32.5. The van der Waals surface area contributed by atoms with Crippen molar-refractivity contribution in [3.05, 3.63) is 5.21 Å². The summed E-state index contributed by atoms with van der Waals surface area (Å²) in [4.78, 5) is 37.6. The number of ether oxygens (including phenoxy) is 3. The Labute approximate surface area is 361 Å². The first-order chi connectivity index (χ1) is 28.1. The summed E-state index contributed by atoms with van der Waals surface area (Å²) in [6, 6.07) is 0. The first kappa shape index (κ1) is 55.9. The average Bonchev–Trinajstić information content (AvgIpc) is 3.41. The van der Waals surface area contributed by atoms with Crippen LogP contribution in [0.1, 0.15) is 214 Å². The normalized spacial score (nSPS) is 18.5. The molecule has 0 bridgehead atoms. The number of unbranched alkanes of at least 4 members (excludes halogenated alkanes) is 23. The van der Waals surface area contributed by atoms with E-state index in [2.05, 4.69) is 6.92 Å². The van der Waals surface area contributed by atoms with Gasteiger partial charge in [0.15, 0.2) is 6.10 Å². The van der Waals surface area contributed by atoms with Crippen LogP contribution in [0.3, 0.4) is 0 Å². The van der Waals surface area contributed by atoms with Crippen molar-refractivity contribution in [3.8, 4) is 0 Å². The van der Waals surface area contributed by atoms with Crippen LogP contribution < -0.4 is 0 Å². The summed E-state index contributed by atoms with van der Waals surface area (Å²) in [7, 11) is 1.14. The first-order valence-electron chi connectivity index (χ1n) is 23.9. The minimum absolute atomic E-state index is 0.0385. The van der Waals surface area contributed by atoms with E-state index in [0.717, 1.165) is 64.2 Å². The molecule has 3 atom stereocenters. The van der Waals surface area contributed by atoms with Gasteiger partial charge in [-0.15, -0.1) is 4.89 Å². The van der Waals surface area contributed by atoms with Gasteiger partial charge in [-0.05, 0) is 46.0 Å². The summed E-state index contributed by atoms with van der Waals surface area (Å²) >= 11 is 0. The van der Waals surface area contributed by atoms with E-state index < -0.39 is 43.7 Å². The third-order valence-corrected chi connectivity index (χ3v) is 12.5. The standard InChI is InChI=1S/C46H90N2O10P/c1-8-10-11-12-13-14-15-16-20-23-26-29-32-35-44(50)58-42(40-57-59(52,53)56-38-37-48(5,6)7)39-54-43(49)34-31-28-25-22-19-17-18-21-24-27-30-33-36-46(9-2)47(51)45(3,4)41-55-46/h42H,8-41H2,1-7H3. The molecule has 349 valence electrons. The van der Waals surface area contributed by atoms with E-state index >= 15 is 0 Å². The summed E-state index contributed by atoms with van der Waals surface area (Å²) in [5, 5.41) is 13.9. The number of likely N-dealkylation sites (N-methyl/N-ethyl adjacent to an activating group) is 1. The van der Waals surface area contributed by atoms with Crippen LogP contribution in [-0.4, -0.2) is 93.0 Å². The number of quaternary nitrogens is 1. The molecule has 1 fully saturated rings. The van der Waals surface area contributed by atoms with Crippen LogP contribution in [0.2, 0.25) is 0 Å². The zero-order chi connectivity index (χ0) is 43.9. The van der Waals surface area contributed by atoms with E-state index in [9.17, 15) is 24.3 Å². The molecule has 1 heterocycles. The maximum absolute atomic E-state index is 12.7. The largest absolute Gasteiger partial charge is 0.783 e. The smallest absolute Gasteiger partial charge is 0.502 e. The number of rotatable bonds is 40. The monoisotopic (exact) mass is 862 g/mol. The van der Waals surface area contributed by atoms with Crippen LogP contribution in [0.25, 0.3) is 0 Å². The second-order valence-corrected chi connectivity index (χ2v) is 20.2. The van der Waals surface area contributed by atoms with Crippen LogP contribution in [0.15, 0.2) is 0 Å². The molecular weight excluding hydrogens is 771 g/mol. The molecule has 0 saturated carbocycles. The van der Waals surface area contributed by atoms with E-state index in [1.807, 2.05) is 41.9 Å². The lowest BCUT2D eigenvalue weighted by Gasteiger charge is -2.47. The van der Waals surface area contributed by atoms with Gasteiger partial charge in [-0.2, -0.15) is 0 Å². The predicted molar refractivity (Wildman–Crippen MR) is 237 cm³/mol. The fourth-order valence-corrected chi connectivity index (χ4v) is 8.29. The van der Waals surface area contributed by atoms with Gasteiger partial charge in [0.05, 0.1) is 34.4 Å². The van der Waals surface area contributed by atoms with E-state index in [0.29, 0.717) is 30.5 Å². The molecule has 0 aromatic heterocycles. The van der Waals surface area contributed by atoms with E-state index in [1.165, 1.54) is 101 Å². The topological polar surface area (TPSA) is 144 Å². The van der Waals surface area contributed by atoms with Gasteiger partial charge in [-0.3, -0.25) is 18.6 Å². The third-order valence-electron chi connectivity index (χ3n) is 11.5. The van der Waals surface area contributed by atoms with E-state index in [-0.39, 0.29) is 26.1 Å². The molecule has 1 aliphatic heterocycles. The summed E-state index contributed by atoms with van der Waals surface area (Å²) in [6.45, 7) is 8.38. The molecule has 1 aliphatic rings. The Kier molecular flexibility index (Phi) is 30.8. The molecule has 1 radical (unpaired) electrons. The van der Waals surface area contributed by atoms with E-state index in [1.54, 1.807) is 0 Å². The number of hydrogen-bond acceptors (Lipinski definition) is 10. The zero-order valence-electron chi connectivity index (χ0n) is 39.0. The van der Waals surface area contributed by atoms with Gasteiger partial charge in [0, 0.05) is 18.4 Å². The van der Waals surface area contributed by atoms with Gasteiger partial charge in [0.1, 0.15) is 25.5 Å². The quantitative estimate of drug-likeness (QED) is 0.0253. The zero-order valence-corrected chi connectivity index (χ0v) is 39.9. The van der Waals surface area contributed by atoms with Crippen molar-refractivity contribution in [2.24, 2.45) is 0 Å². The molecule has 0 aromatic rings. The van der Waals surface area contributed by atoms with Gasteiger partial charge >= 0.3 is 19.8 Å². The highest BCUT2D eigenvalue weighted by Gasteiger charge is 2.44. The van der Waals surface area contributed by atoms with Crippen molar-refractivity contribution in [2.45, 2.75) is 231 Å². The third kappa shape index (κ3) is 29.0. The van der Waals surface area contributed by atoms with Crippen molar-refractivity contribution in [3.63, 3.8) is 0 Å². The molecule has 13 heteroatoms. The summed E-state index contributed by atoms with van der Waals surface area (Å²) < 4.78 is 39.9. The highest BCUT2D eigenvalue weighted by molar-refractivity contribution is 7.47. The Morgan fingerprint density at radius 3 is 1.54 bits per heavy atom. The summed E-state index contributed by atoms with van der Waals surface area (Å²) in [5.74, 6) is -0.858. The lowest BCUT2D eigenvalue weighted by atomic mass is 9.98. The lowest BCUT2D eigenvalue weighted by Crippen LogP contribution is -2.48. The van der Waals surface area contributed by atoms with Gasteiger partial charge in [0.25, 0.3) is 0 Å². The fourth-order valence-electron chi connectivity index (χ4n) is 7.56. The Balaban J connectivity index is 2.24. The second-order valence-electron chi connectivity index (χ2n) is 18.8. The molecule has 59 heavy (non-hydrogen) atoms. The first-order valence-corrected chi connectivity index (χ1v) is 25.4. The molecule has 12 nitrogen and oxygen atoms in total. The van der Waals surface area contributed by atoms with Gasteiger partial charge in [-0.25, -0.2) is 4.57 Å². The van der Waals surface area contributed by atoms with Crippen LogP contribution in [-0.2, 0) is 42.3 Å². The van der Waals surface area contributed by atoms with Crippen molar-refractivity contribution < 1.29 is 46.8 Å². The van der Waals surface area contributed by atoms with Crippen molar-refractivity contribution in [1.29, 1.82) is 0 Å². The molecule has 0 spiro atoms. The maximum Gasteiger partial charge on any atom is 0.502 e. The lowest BCUT2D eigenvalue weighted by molar-refractivity contribution is -0.870. The fraction of sp³-hybridized carbons (Fsp3) is 0.957. The van der Waals surface area contributed by atoms with Crippen molar-refractivity contribution in [2.75, 3.05) is 54.1 Å². The number of carbonyl (C=O) groups is 2. The van der Waals surface area contributed by atoms with Gasteiger partial charge in [-0.1, -0.05) is 155 Å². The van der Waals surface area contributed by atoms with Crippen LogP contribution in [0, 0.1) is 5.21 Å². The SMILES string of the molecule is CCCCCCCCCCCCCCCC(=O)OC(COC(=O)CCCCCCCCCCCCCCC1(CC)OCC(C)(C)N1[O-])COP([O])(=O)OCC[N+](C)(C)C. The molecular formula is C46H90N2O10P. The average molecular weight is 862 g/mol. The number of nitrogens with zero attached hydrogens (tertiary/aromatic N) is 2. The van der Waals surface area contributed by atoms with Crippen molar-refractivity contribution >= 4 is 19.8 Å². The number of hydroxylamine groups is 2. The molecule has 0 N–H and O–H groups in total. The molecule has 0 amide bonds. The highest BCUT2D eigenvalue weighted by Crippen LogP contribution is 2.44.